The molecule has 1 saturated heterocycles. The van der Waals surface area contributed by atoms with Crippen LogP contribution in [0.1, 0.15) is 0 Å². The number of fused-ring (bicyclic) bond motifs is 1. The minimum Gasteiger partial charge on any atom is -0.379 e. The number of nitrogens with zero attached hydrogens (tertiary/aromatic N) is 4. The molecule has 6 nitrogen and oxygen atoms in total. The molecule has 0 aromatic carbocycles. The highest BCUT2D eigenvalue weighted by molar-refractivity contribution is 5.44. The van der Waals surface area contributed by atoms with Crippen LogP contribution < -0.4 is 5.43 Å². The van der Waals surface area contributed by atoms with Gasteiger partial charge in [0.25, 0.3) is 0 Å². The van der Waals surface area contributed by atoms with Crippen LogP contribution in [0.25, 0.3) is 5.65 Å². The Bertz CT molecular complexity index is 477. The highest BCUT2D eigenvalue weighted by Gasteiger charge is 2.10. The Kier molecular flexibility index (Phi) is 2.43. The Morgan fingerprint density at radius 2 is 2.12 bits per heavy atom. The third-order valence-corrected chi connectivity index (χ3v) is 2.54. The second-order valence-electron chi connectivity index (χ2n) is 3.66. The van der Waals surface area contributed by atoms with Crippen LogP contribution in [0.3, 0.4) is 0 Å². The van der Waals surface area contributed by atoms with Gasteiger partial charge in [-0.2, -0.15) is 5.10 Å². The van der Waals surface area contributed by atoms with Crippen molar-refractivity contribution >= 4 is 11.5 Å². The first kappa shape index (κ1) is 9.56. The molecule has 1 N–H and O–H groups in total. The van der Waals surface area contributed by atoms with Gasteiger partial charge in [0.05, 0.1) is 19.4 Å². The quantitative estimate of drug-likeness (QED) is 0.791. The molecule has 0 atom stereocenters. The lowest BCUT2D eigenvalue weighted by molar-refractivity contribution is 0.0495. The van der Waals surface area contributed by atoms with Crippen molar-refractivity contribution in [2.24, 2.45) is 0 Å². The van der Waals surface area contributed by atoms with Crippen LogP contribution in [0.2, 0.25) is 0 Å². The van der Waals surface area contributed by atoms with Gasteiger partial charge in [-0.05, 0) is 0 Å². The molecule has 0 unspecified atom stereocenters. The normalized spacial score (nSPS) is 17.8. The van der Waals surface area contributed by atoms with Crippen molar-refractivity contribution in [2.45, 2.75) is 0 Å². The zero-order valence-electron chi connectivity index (χ0n) is 8.83. The Morgan fingerprint density at radius 1 is 1.25 bits per heavy atom. The van der Waals surface area contributed by atoms with Crippen LogP contribution in [-0.2, 0) is 4.74 Å². The minimum atomic E-state index is 0.766. The number of ether oxygens (including phenoxy) is 1. The Hall–Kier alpha value is -1.66. The number of hydrogen-bond donors (Lipinski definition) is 1. The molecule has 2 aromatic rings. The van der Waals surface area contributed by atoms with Crippen molar-refractivity contribution in [3.63, 3.8) is 0 Å². The fraction of sp³-hybridized carbons (Fsp3) is 0.400. The molecule has 2 aromatic heterocycles. The van der Waals surface area contributed by atoms with Crippen molar-refractivity contribution in [1.82, 2.24) is 19.6 Å². The van der Waals surface area contributed by atoms with E-state index in [0.717, 1.165) is 37.8 Å². The van der Waals surface area contributed by atoms with Crippen molar-refractivity contribution in [1.29, 1.82) is 0 Å². The van der Waals surface area contributed by atoms with Crippen LogP contribution in [0.5, 0.6) is 0 Å². The van der Waals surface area contributed by atoms with Crippen LogP contribution >= 0.6 is 0 Å². The lowest BCUT2D eigenvalue weighted by Gasteiger charge is -2.27. The highest BCUT2D eigenvalue weighted by Crippen LogP contribution is 2.07. The molecular formula is C10H13N5O. The van der Waals surface area contributed by atoms with E-state index in [-0.39, 0.29) is 0 Å². The molecule has 1 aliphatic heterocycles. The van der Waals surface area contributed by atoms with Crippen molar-refractivity contribution in [3.05, 3.63) is 24.5 Å². The van der Waals surface area contributed by atoms with Crippen molar-refractivity contribution < 1.29 is 4.74 Å². The first-order valence-corrected chi connectivity index (χ1v) is 5.31. The second kappa shape index (κ2) is 4.07. The second-order valence-corrected chi connectivity index (χ2v) is 3.66. The summed E-state index contributed by atoms with van der Waals surface area (Å²) in [5, 5.41) is 6.21. The van der Waals surface area contributed by atoms with Gasteiger partial charge in [0, 0.05) is 31.4 Å². The van der Waals surface area contributed by atoms with Gasteiger partial charge < -0.3 is 10.2 Å². The van der Waals surface area contributed by atoms with Crippen molar-refractivity contribution in [3.8, 4) is 0 Å². The zero-order chi connectivity index (χ0) is 10.8. The van der Waals surface area contributed by atoms with E-state index in [4.69, 9.17) is 4.74 Å². The molecule has 16 heavy (non-hydrogen) atoms. The number of anilines is 1. The lowest BCUT2D eigenvalue weighted by Crippen LogP contribution is -2.40. The van der Waals surface area contributed by atoms with Gasteiger partial charge in [-0.25, -0.2) is 14.5 Å². The largest absolute Gasteiger partial charge is 0.379 e. The van der Waals surface area contributed by atoms with E-state index in [1.165, 1.54) is 0 Å². The van der Waals surface area contributed by atoms with Crippen molar-refractivity contribution in [2.75, 3.05) is 31.7 Å². The zero-order valence-corrected chi connectivity index (χ0v) is 8.83. The maximum atomic E-state index is 5.28. The first-order chi connectivity index (χ1) is 7.92. The summed E-state index contributed by atoms with van der Waals surface area (Å²) in [7, 11) is 0. The monoisotopic (exact) mass is 219 g/mol. The van der Waals surface area contributed by atoms with Crippen LogP contribution in [0.4, 0.5) is 5.82 Å². The molecule has 0 bridgehead atoms. The summed E-state index contributed by atoms with van der Waals surface area (Å²) in [6.45, 7) is 3.29. The predicted molar refractivity (Wildman–Crippen MR) is 59.0 cm³/mol. The summed E-state index contributed by atoms with van der Waals surface area (Å²) in [6, 6.07) is 3.79. The molecule has 84 valence electrons. The maximum Gasteiger partial charge on any atom is 0.157 e. The standard InChI is InChI=1S/C10H13N5O/c1-3-11-15-4-2-9(12-10(1)15)13-14-5-7-16-8-6-14/h1-4H,5-8H2,(H,12,13). The van der Waals surface area contributed by atoms with E-state index >= 15 is 0 Å². The molecule has 0 spiro atoms. The van der Waals surface area contributed by atoms with E-state index in [2.05, 4.69) is 20.5 Å². The lowest BCUT2D eigenvalue weighted by atomic mass is 10.5. The minimum absolute atomic E-state index is 0.766. The SMILES string of the molecule is c1cc2nc(NN3CCOCC3)ccn2n1. The third kappa shape index (κ3) is 1.84. The van der Waals surface area contributed by atoms with Crippen LogP contribution in [-0.4, -0.2) is 45.9 Å². The van der Waals surface area contributed by atoms with Crippen LogP contribution in [0, 0.1) is 0 Å². The van der Waals surface area contributed by atoms with Gasteiger partial charge in [0.15, 0.2) is 5.65 Å². The maximum absolute atomic E-state index is 5.28. The van der Waals surface area contributed by atoms with Gasteiger partial charge in [-0.3, -0.25) is 0 Å². The highest BCUT2D eigenvalue weighted by atomic mass is 16.5. The summed E-state index contributed by atoms with van der Waals surface area (Å²) in [4.78, 5) is 4.44. The molecule has 0 amide bonds. The number of hydrogen-bond acceptors (Lipinski definition) is 5. The summed E-state index contributed by atoms with van der Waals surface area (Å²) in [6.07, 6.45) is 3.63. The molecule has 0 saturated carbocycles. The number of aromatic nitrogens is 3. The molecular weight excluding hydrogens is 206 g/mol. The van der Waals surface area contributed by atoms with Gasteiger partial charge in [0.2, 0.25) is 0 Å². The van der Waals surface area contributed by atoms with E-state index in [0.29, 0.717) is 0 Å². The fourth-order valence-electron chi connectivity index (χ4n) is 1.71. The first-order valence-electron chi connectivity index (χ1n) is 5.31. The summed E-state index contributed by atoms with van der Waals surface area (Å²) in [5.74, 6) is 0.843. The fourth-order valence-corrected chi connectivity index (χ4v) is 1.71. The predicted octanol–water partition coefficient (Wildman–Crippen LogP) is 0.388. The van der Waals surface area contributed by atoms with E-state index in [9.17, 15) is 0 Å². The topological polar surface area (TPSA) is 54.7 Å². The van der Waals surface area contributed by atoms with Gasteiger partial charge >= 0.3 is 0 Å². The van der Waals surface area contributed by atoms with Crippen LogP contribution in [0.15, 0.2) is 24.5 Å². The number of rotatable bonds is 2. The molecule has 0 radical (unpaired) electrons. The van der Waals surface area contributed by atoms with E-state index in [1.54, 1.807) is 10.7 Å². The molecule has 1 aliphatic rings. The van der Waals surface area contributed by atoms with Gasteiger partial charge in [0.1, 0.15) is 5.82 Å². The Morgan fingerprint density at radius 3 is 3.00 bits per heavy atom. The summed E-state index contributed by atoms with van der Waals surface area (Å²) in [5.41, 5.74) is 4.11. The molecule has 3 heterocycles. The number of nitrogens with one attached hydrogen (secondary N) is 1. The molecule has 6 heteroatoms. The third-order valence-electron chi connectivity index (χ3n) is 2.54. The molecule has 3 rings (SSSR count). The number of morpholine rings is 1. The average Bonchev–Trinajstić information content (AvgIpc) is 2.77. The molecule has 1 fully saturated rings. The van der Waals surface area contributed by atoms with Gasteiger partial charge in [-0.15, -0.1) is 0 Å². The number of hydrazine groups is 1. The Balaban J connectivity index is 1.77. The smallest absolute Gasteiger partial charge is 0.157 e. The van der Waals surface area contributed by atoms with E-state index in [1.807, 2.05) is 18.3 Å². The van der Waals surface area contributed by atoms with Gasteiger partial charge in [-0.1, -0.05) is 0 Å². The summed E-state index contributed by atoms with van der Waals surface area (Å²) >= 11 is 0. The Labute approximate surface area is 92.8 Å². The molecule has 0 aliphatic carbocycles. The average molecular weight is 219 g/mol. The van der Waals surface area contributed by atoms with E-state index < -0.39 is 0 Å². The summed E-state index contributed by atoms with van der Waals surface area (Å²) < 4.78 is 7.02.